The van der Waals surface area contributed by atoms with Gasteiger partial charge in [0.15, 0.2) is 0 Å². The number of piperidine rings is 1. The molecule has 0 aliphatic carbocycles. The van der Waals surface area contributed by atoms with Crippen LogP contribution in [0.2, 0.25) is 0 Å². The molecule has 2 fully saturated rings. The van der Waals surface area contributed by atoms with Gasteiger partial charge in [0.25, 0.3) is 0 Å². The van der Waals surface area contributed by atoms with Crippen molar-refractivity contribution < 1.29 is 14.7 Å². The van der Waals surface area contributed by atoms with E-state index in [0.29, 0.717) is 12.8 Å². The Morgan fingerprint density at radius 2 is 2.17 bits per heavy atom. The zero-order valence-corrected chi connectivity index (χ0v) is 14.1. The topological polar surface area (TPSA) is 69.6 Å². The summed E-state index contributed by atoms with van der Waals surface area (Å²) in [5, 5.41) is 14.3. The summed E-state index contributed by atoms with van der Waals surface area (Å²) in [5.74, 6) is -0.508. The quantitative estimate of drug-likeness (QED) is 0.864. The van der Waals surface area contributed by atoms with Crippen molar-refractivity contribution in [2.45, 2.75) is 44.6 Å². The van der Waals surface area contributed by atoms with E-state index >= 15 is 0 Å². The minimum Gasteiger partial charge on any atom is -0.480 e. The molecule has 1 atom stereocenters. The second-order valence-electron chi connectivity index (χ2n) is 6.79. The molecule has 2 aliphatic rings. The third kappa shape index (κ3) is 3.93. The molecule has 0 aromatic carbocycles. The first-order valence-corrected chi connectivity index (χ1v) is 9.22. The van der Waals surface area contributed by atoms with Gasteiger partial charge in [0, 0.05) is 30.9 Å². The zero-order chi connectivity index (χ0) is 16.3. The second kappa shape index (κ2) is 7.01. The Morgan fingerprint density at radius 1 is 1.39 bits per heavy atom. The van der Waals surface area contributed by atoms with Crippen LogP contribution in [-0.4, -0.2) is 47.6 Å². The van der Waals surface area contributed by atoms with Gasteiger partial charge in [-0.3, -0.25) is 9.59 Å². The first kappa shape index (κ1) is 16.5. The number of carboxylic acids is 1. The summed E-state index contributed by atoms with van der Waals surface area (Å²) in [6, 6.07) is 3.75. The number of nitrogens with zero attached hydrogens (tertiary/aromatic N) is 1. The molecule has 2 aliphatic heterocycles. The van der Waals surface area contributed by atoms with Gasteiger partial charge in [-0.05, 0) is 49.0 Å². The van der Waals surface area contributed by atoms with E-state index in [1.54, 1.807) is 11.3 Å². The molecule has 1 spiro atoms. The van der Waals surface area contributed by atoms with E-state index in [1.165, 1.54) is 4.88 Å². The van der Waals surface area contributed by atoms with E-state index in [0.717, 1.165) is 45.3 Å². The predicted octanol–water partition coefficient (Wildman–Crippen LogP) is 2.13. The van der Waals surface area contributed by atoms with Crippen molar-refractivity contribution in [2.75, 3.05) is 19.6 Å². The van der Waals surface area contributed by atoms with E-state index in [9.17, 15) is 9.59 Å². The molecule has 3 rings (SSSR count). The Labute approximate surface area is 140 Å². The lowest BCUT2D eigenvalue weighted by atomic mass is 9.76. The van der Waals surface area contributed by atoms with E-state index in [-0.39, 0.29) is 11.3 Å². The van der Waals surface area contributed by atoms with Crippen molar-refractivity contribution in [1.29, 1.82) is 0 Å². The summed E-state index contributed by atoms with van der Waals surface area (Å²) in [7, 11) is 0. The lowest BCUT2D eigenvalue weighted by Crippen LogP contribution is -2.44. The van der Waals surface area contributed by atoms with Crippen LogP contribution in [0.15, 0.2) is 17.5 Å². The zero-order valence-electron chi connectivity index (χ0n) is 13.3. The number of thiophene rings is 1. The highest BCUT2D eigenvalue weighted by molar-refractivity contribution is 7.09. The number of carbonyl (C=O) groups excluding carboxylic acids is 1. The van der Waals surface area contributed by atoms with Gasteiger partial charge in [-0.1, -0.05) is 6.07 Å². The predicted molar refractivity (Wildman–Crippen MR) is 89.5 cm³/mol. The van der Waals surface area contributed by atoms with Gasteiger partial charge < -0.3 is 15.3 Å². The Morgan fingerprint density at radius 3 is 2.78 bits per heavy atom. The SMILES string of the molecule is O=C(O)C1CC2(CCN(C(=O)CCCc3cccs3)CC2)CN1. The van der Waals surface area contributed by atoms with Crippen LogP contribution in [0.5, 0.6) is 0 Å². The maximum absolute atomic E-state index is 12.3. The molecule has 0 bridgehead atoms. The Balaban J connectivity index is 1.42. The molecule has 3 heterocycles. The molecule has 1 aromatic heterocycles. The first-order valence-electron chi connectivity index (χ1n) is 8.34. The smallest absolute Gasteiger partial charge is 0.320 e. The molecule has 5 nitrogen and oxygen atoms in total. The third-order valence-corrected chi connectivity index (χ3v) is 6.17. The minimum atomic E-state index is -0.756. The highest BCUT2D eigenvalue weighted by atomic mass is 32.1. The fraction of sp³-hybridized carbons (Fsp3) is 0.647. The number of hydrogen-bond donors (Lipinski definition) is 2. The largest absolute Gasteiger partial charge is 0.480 e. The van der Waals surface area contributed by atoms with Gasteiger partial charge in [0.2, 0.25) is 5.91 Å². The van der Waals surface area contributed by atoms with E-state index in [1.807, 2.05) is 11.0 Å². The van der Waals surface area contributed by atoms with E-state index in [2.05, 4.69) is 16.8 Å². The van der Waals surface area contributed by atoms with Crippen molar-refractivity contribution in [3.8, 4) is 0 Å². The number of rotatable bonds is 5. The van der Waals surface area contributed by atoms with Crippen molar-refractivity contribution in [1.82, 2.24) is 10.2 Å². The van der Waals surface area contributed by atoms with Gasteiger partial charge in [0.05, 0.1) is 0 Å². The normalized spacial score (nSPS) is 23.3. The van der Waals surface area contributed by atoms with Crippen LogP contribution >= 0.6 is 11.3 Å². The molecule has 2 saturated heterocycles. The molecule has 1 amide bonds. The van der Waals surface area contributed by atoms with Gasteiger partial charge in [-0.15, -0.1) is 11.3 Å². The average molecular weight is 336 g/mol. The van der Waals surface area contributed by atoms with Crippen LogP contribution < -0.4 is 5.32 Å². The maximum atomic E-state index is 12.3. The number of amides is 1. The Bertz CT molecular complexity index is 550. The molecule has 1 aromatic rings. The van der Waals surface area contributed by atoms with Crippen molar-refractivity contribution in [3.05, 3.63) is 22.4 Å². The molecular formula is C17H24N2O3S. The van der Waals surface area contributed by atoms with Crippen LogP contribution in [0.25, 0.3) is 0 Å². The van der Waals surface area contributed by atoms with Gasteiger partial charge >= 0.3 is 5.97 Å². The lowest BCUT2D eigenvalue weighted by Gasteiger charge is -2.39. The molecule has 1 unspecified atom stereocenters. The van der Waals surface area contributed by atoms with E-state index < -0.39 is 12.0 Å². The van der Waals surface area contributed by atoms with E-state index in [4.69, 9.17) is 5.11 Å². The number of carboxylic acid groups (broad SMARTS) is 1. The lowest BCUT2D eigenvalue weighted by molar-refractivity contribution is -0.139. The number of likely N-dealkylation sites (tertiary alicyclic amines) is 1. The summed E-state index contributed by atoms with van der Waals surface area (Å²) in [5.41, 5.74) is 0.0802. The molecule has 2 N–H and O–H groups in total. The van der Waals surface area contributed by atoms with Gasteiger partial charge in [-0.2, -0.15) is 0 Å². The van der Waals surface area contributed by atoms with Crippen LogP contribution in [0.1, 0.15) is 37.0 Å². The number of aryl methyl sites for hydroxylation is 1. The Hall–Kier alpha value is -1.40. The fourth-order valence-corrected chi connectivity index (χ4v) is 4.48. The summed E-state index contributed by atoms with van der Waals surface area (Å²) in [4.78, 5) is 26.7. The third-order valence-electron chi connectivity index (χ3n) is 5.23. The summed E-state index contributed by atoms with van der Waals surface area (Å²) in [6.07, 6.45) is 5.03. The fourth-order valence-electron chi connectivity index (χ4n) is 3.73. The number of aliphatic carboxylic acids is 1. The number of carbonyl (C=O) groups is 2. The summed E-state index contributed by atoms with van der Waals surface area (Å²) in [6.45, 7) is 2.31. The van der Waals surface area contributed by atoms with Crippen LogP contribution in [0, 0.1) is 5.41 Å². The van der Waals surface area contributed by atoms with Gasteiger partial charge in [0.1, 0.15) is 6.04 Å². The molecule has 126 valence electrons. The number of hydrogen-bond acceptors (Lipinski definition) is 4. The summed E-state index contributed by atoms with van der Waals surface area (Å²) < 4.78 is 0. The molecule has 0 saturated carbocycles. The first-order chi connectivity index (χ1) is 11.1. The molecule has 23 heavy (non-hydrogen) atoms. The summed E-state index contributed by atoms with van der Waals surface area (Å²) >= 11 is 1.75. The minimum absolute atomic E-state index is 0.0802. The van der Waals surface area contributed by atoms with Crippen molar-refractivity contribution in [3.63, 3.8) is 0 Å². The van der Waals surface area contributed by atoms with Crippen molar-refractivity contribution in [2.24, 2.45) is 5.41 Å². The Kier molecular flexibility index (Phi) is 5.02. The maximum Gasteiger partial charge on any atom is 0.320 e. The van der Waals surface area contributed by atoms with Crippen molar-refractivity contribution >= 4 is 23.2 Å². The highest BCUT2D eigenvalue weighted by Crippen LogP contribution is 2.39. The molecule has 0 radical (unpaired) electrons. The number of nitrogens with one attached hydrogen (secondary N) is 1. The molecular weight excluding hydrogens is 312 g/mol. The van der Waals surface area contributed by atoms with Crippen LogP contribution in [0.3, 0.4) is 0 Å². The standard InChI is InChI=1S/C17H24N2O3S/c20-15(5-1-3-13-4-2-10-23-13)19-8-6-17(7-9-19)11-14(16(21)22)18-12-17/h2,4,10,14,18H,1,3,5-9,11-12H2,(H,21,22). The second-order valence-corrected chi connectivity index (χ2v) is 7.82. The average Bonchev–Trinajstić information content (AvgIpc) is 3.18. The highest BCUT2D eigenvalue weighted by Gasteiger charge is 2.43. The van der Waals surface area contributed by atoms with Gasteiger partial charge in [-0.25, -0.2) is 0 Å². The molecule has 6 heteroatoms. The van der Waals surface area contributed by atoms with Crippen LogP contribution in [0.4, 0.5) is 0 Å². The monoisotopic (exact) mass is 336 g/mol. The van der Waals surface area contributed by atoms with Crippen LogP contribution in [-0.2, 0) is 16.0 Å².